The van der Waals surface area contributed by atoms with E-state index in [9.17, 15) is 4.79 Å². The van der Waals surface area contributed by atoms with Gasteiger partial charge in [0.05, 0.1) is 0 Å². The van der Waals surface area contributed by atoms with Gasteiger partial charge >= 0.3 is 5.97 Å². The van der Waals surface area contributed by atoms with Crippen LogP contribution >= 0.6 is 0 Å². The van der Waals surface area contributed by atoms with Gasteiger partial charge < -0.3 is 10.8 Å². The van der Waals surface area contributed by atoms with Crippen molar-refractivity contribution in [1.82, 2.24) is 0 Å². The van der Waals surface area contributed by atoms with E-state index in [1.807, 2.05) is 30.3 Å². The van der Waals surface area contributed by atoms with Gasteiger partial charge in [-0.25, -0.2) is 4.79 Å². The van der Waals surface area contributed by atoms with Gasteiger partial charge in [-0.3, -0.25) is 0 Å². The molecular weight excluding hydrogens is 262 g/mol. The van der Waals surface area contributed by atoms with Crippen molar-refractivity contribution < 1.29 is 9.90 Å². The van der Waals surface area contributed by atoms with Crippen molar-refractivity contribution in [3.05, 3.63) is 72.3 Å². The van der Waals surface area contributed by atoms with Crippen LogP contribution in [-0.4, -0.2) is 17.1 Å². The first-order chi connectivity index (χ1) is 10.1. The molecule has 2 aromatic rings. The summed E-state index contributed by atoms with van der Waals surface area (Å²) in [7, 11) is 0. The first-order valence-corrected chi connectivity index (χ1v) is 6.87. The zero-order valence-electron chi connectivity index (χ0n) is 11.8. The zero-order valence-corrected chi connectivity index (χ0v) is 11.8. The molecule has 0 saturated heterocycles. The molecule has 0 bridgehead atoms. The number of nitrogens with two attached hydrogens (primary N) is 1. The number of hydrogen-bond donors (Lipinski definition) is 2. The number of hydrogen-bond acceptors (Lipinski definition) is 2. The van der Waals surface area contributed by atoms with Crippen molar-refractivity contribution in [3.8, 4) is 11.1 Å². The highest BCUT2D eigenvalue weighted by atomic mass is 16.4. The second-order valence-corrected chi connectivity index (χ2v) is 5.14. The van der Waals surface area contributed by atoms with Gasteiger partial charge in [0.2, 0.25) is 0 Å². The Kier molecular flexibility index (Phi) is 4.90. The smallest absolute Gasteiger partial charge is 0.331 e. The quantitative estimate of drug-likeness (QED) is 0.799. The van der Waals surface area contributed by atoms with Gasteiger partial charge in [0.25, 0.3) is 0 Å². The van der Waals surface area contributed by atoms with Crippen molar-refractivity contribution in [3.63, 3.8) is 0 Å². The lowest BCUT2D eigenvalue weighted by molar-refractivity contribution is -0.132. The summed E-state index contributed by atoms with van der Waals surface area (Å²) >= 11 is 0. The SMILES string of the molecule is C=C(C[C@@H](N)Cc1ccc(-c2ccccc2)cc1)C(=O)O. The number of rotatable bonds is 6. The summed E-state index contributed by atoms with van der Waals surface area (Å²) < 4.78 is 0. The van der Waals surface area contributed by atoms with E-state index in [4.69, 9.17) is 10.8 Å². The summed E-state index contributed by atoms with van der Waals surface area (Å²) in [6, 6.07) is 18.1. The van der Waals surface area contributed by atoms with E-state index in [-0.39, 0.29) is 11.6 Å². The molecule has 108 valence electrons. The molecule has 3 nitrogen and oxygen atoms in total. The maximum Gasteiger partial charge on any atom is 0.331 e. The van der Waals surface area contributed by atoms with Gasteiger partial charge in [-0.1, -0.05) is 61.2 Å². The standard InChI is InChI=1S/C18H19NO2/c1-13(18(20)21)11-17(19)12-14-7-9-16(10-8-14)15-5-3-2-4-6-15/h2-10,17H,1,11-12,19H2,(H,20,21)/t17-/m1/s1. The maximum absolute atomic E-state index is 10.7. The summed E-state index contributed by atoms with van der Waals surface area (Å²) in [6.07, 6.45) is 0.942. The molecule has 0 amide bonds. The number of carboxylic acids is 1. The van der Waals surface area contributed by atoms with Crippen LogP contribution in [0.5, 0.6) is 0 Å². The molecule has 21 heavy (non-hydrogen) atoms. The van der Waals surface area contributed by atoms with Crippen LogP contribution in [0.1, 0.15) is 12.0 Å². The monoisotopic (exact) mass is 281 g/mol. The van der Waals surface area contributed by atoms with Crippen LogP contribution in [0.4, 0.5) is 0 Å². The first kappa shape index (κ1) is 15.0. The molecule has 0 radical (unpaired) electrons. The molecule has 0 aromatic heterocycles. The summed E-state index contributed by atoms with van der Waals surface area (Å²) in [5.41, 5.74) is 9.55. The van der Waals surface area contributed by atoms with Gasteiger partial charge in [-0.15, -0.1) is 0 Å². The third-order valence-corrected chi connectivity index (χ3v) is 3.37. The zero-order chi connectivity index (χ0) is 15.2. The minimum absolute atomic E-state index is 0.156. The van der Waals surface area contributed by atoms with Crippen LogP contribution in [0.15, 0.2) is 66.7 Å². The van der Waals surface area contributed by atoms with Gasteiger partial charge in [0, 0.05) is 11.6 Å². The minimum Gasteiger partial charge on any atom is -0.478 e. The van der Waals surface area contributed by atoms with Crippen molar-refractivity contribution in [1.29, 1.82) is 0 Å². The summed E-state index contributed by atoms with van der Waals surface area (Å²) in [5.74, 6) is -0.982. The Morgan fingerprint density at radius 1 is 1.05 bits per heavy atom. The van der Waals surface area contributed by atoms with Gasteiger partial charge in [0.15, 0.2) is 0 Å². The summed E-state index contributed by atoms with van der Waals surface area (Å²) in [6.45, 7) is 3.51. The Morgan fingerprint density at radius 2 is 1.62 bits per heavy atom. The molecular formula is C18H19NO2. The lowest BCUT2D eigenvalue weighted by atomic mass is 9.98. The Balaban J connectivity index is 2.00. The second kappa shape index (κ2) is 6.86. The first-order valence-electron chi connectivity index (χ1n) is 6.87. The molecule has 3 heteroatoms. The van der Waals surface area contributed by atoms with E-state index >= 15 is 0 Å². The lowest BCUT2D eigenvalue weighted by Crippen LogP contribution is -2.24. The van der Waals surface area contributed by atoms with Crippen LogP contribution < -0.4 is 5.73 Å². The molecule has 0 aliphatic heterocycles. The van der Waals surface area contributed by atoms with Gasteiger partial charge in [-0.2, -0.15) is 0 Å². The van der Waals surface area contributed by atoms with Gasteiger partial charge in [-0.05, 0) is 29.5 Å². The van der Waals surface area contributed by atoms with Gasteiger partial charge in [0.1, 0.15) is 0 Å². The Bertz CT molecular complexity index is 617. The number of aliphatic carboxylic acids is 1. The minimum atomic E-state index is -0.982. The molecule has 2 rings (SSSR count). The van der Waals surface area contributed by atoms with Crippen molar-refractivity contribution in [2.24, 2.45) is 5.73 Å². The van der Waals surface area contributed by atoms with Crippen molar-refractivity contribution >= 4 is 5.97 Å². The number of benzene rings is 2. The Labute approximate surface area is 124 Å². The Hall–Kier alpha value is -2.39. The predicted octanol–water partition coefficient (Wildman–Crippen LogP) is 3.25. The topological polar surface area (TPSA) is 63.3 Å². The third kappa shape index (κ3) is 4.29. The van der Waals surface area contributed by atoms with Crippen LogP contribution in [0.2, 0.25) is 0 Å². The van der Waals surface area contributed by atoms with Crippen LogP contribution in [-0.2, 0) is 11.2 Å². The maximum atomic E-state index is 10.7. The lowest BCUT2D eigenvalue weighted by Gasteiger charge is -2.12. The van der Waals surface area contributed by atoms with E-state index in [0.717, 1.165) is 11.1 Å². The molecule has 0 saturated carbocycles. The van der Waals surface area contributed by atoms with E-state index in [1.54, 1.807) is 0 Å². The molecule has 1 atom stereocenters. The predicted molar refractivity (Wildman–Crippen MR) is 85.0 cm³/mol. The third-order valence-electron chi connectivity index (χ3n) is 3.37. The van der Waals surface area contributed by atoms with E-state index in [2.05, 4.69) is 30.8 Å². The van der Waals surface area contributed by atoms with Crippen LogP contribution in [0, 0.1) is 0 Å². The van der Waals surface area contributed by atoms with E-state index in [0.29, 0.717) is 12.8 Å². The molecule has 0 spiro atoms. The number of carbonyl (C=O) groups is 1. The summed E-state index contributed by atoms with van der Waals surface area (Å²) in [4.78, 5) is 10.7. The molecule has 0 aliphatic carbocycles. The molecule has 3 N–H and O–H groups in total. The highest BCUT2D eigenvalue weighted by Gasteiger charge is 2.11. The van der Waals surface area contributed by atoms with E-state index < -0.39 is 5.97 Å². The second-order valence-electron chi connectivity index (χ2n) is 5.14. The highest BCUT2D eigenvalue weighted by molar-refractivity contribution is 5.85. The van der Waals surface area contributed by atoms with E-state index in [1.165, 1.54) is 5.56 Å². The molecule has 0 aliphatic rings. The van der Waals surface area contributed by atoms with Crippen molar-refractivity contribution in [2.75, 3.05) is 0 Å². The molecule has 0 heterocycles. The summed E-state index contributed by atoms with van der Waals surface area (Å²) in [5, 5.41) is 8.80. The molecule has 0 unspecified atom stereocenters. The van der Waals surface area contributed by atoms with Crippen molar-refractivity contribution in [2.45, 2.75) is 18.9 Å². The average molecular weight is 281 g/mol. The highest BCUT2D eigenvalue weighted by Crippen LogP contribution is 2.20. The average Bonchev–Trinajstić information content (AvgIpc) is 2.48. The largest absolute Gasteiger partial charge is 0.478 e. The molecule has 0 fully saturated rings. The fraction of sp³-hybridized carbons (Fsp3) is 0.167. The van der Waals surface area contributed by atoms with Crippen LogP contribution in [0.25, 0.3) is 11.1 Å². The normalized spacial score (nSPS) is 11.9. The van der Waals surface area contributed by atoms with Crippen LogP contribution in [0.3, 0.4) is 0 Å². The fourth-order valence-electron chi connectivity index (χ4n) is 2.24. The molecule has 2 aromatic carbocycles. The number of carboxylic acid groups (broad SMARTS) is 1. The fourth-order valence-corrected chi connectivity index (χ4v) is 2.24. The Morgan fingerprint density at radius 3 is 2.19 bits per heavy atom.